The third kappa shape index (κ3) is 4.75. The van der Waals surface area contributed by atoms with Gasteiger partial charge in [-0.05, 0) is 53.6 Å². The van der Waals surface area contributed by atoms with Crippen LogP contribution in [-0.2, 0) is 0 Å². The molecule has 9 rings (SSSR count). The smallest absolute Gasteiger partial charge is 0.238 e. The van der Waals surface area contributed by atoms with Crippen LogP contribution in [0, 0.1) is 0 Å². The van der Waals surface area contributed by atoms with Gasteiger partial charge in [-0.15, -0.1) is 0 Å². The Morgan fingerprint density at radius 3 is 1.66 bits per heavy atom. The summed E-state index contributed by atoms with van der Waals surface area (Å²) < 4.78 is 4.43. The maximum Gasteiger partial charge on any atom is 0.238 e. The van der Waals surface area contributed by atoms with Gasteiger partial charge in [-0.3, -0.25) is 4.57 Å². The monoisotopic (exact) mass is 641 g/mol. The zero-order valence-corrected chi connectivity index (χ0v) is 27.2. The quantitative estimate of drug-likeness (QED) is 0.163. The first-order valence-electron chi connectivity index (χ1n) is 16.6. The summed E-state index contributed by atoms with van der Waals surface area (Å²) in [7, 11) is 0. The lowest BCUT2D eigenvalue weighted by Gasteiger charge is -2.11. The second-order valence-corrected chi connectivity index (χ2v) is 12.2. The third-order valence-corrected chi connectivity index (χ3v) is 9.32. The molecule has 3 heterocycles. The largest absolute Gasteiger partial charge is 0.309 e. The Labute approximate surface area is 289 Å². The van der Waals surface area contributed by atoms with Gasteiger partial charge in [0.05, 0.1) is 22.1 Å². The van der Waals surface area contributed by atoms with E-state index in [9.17, 15) is 0 Å². The van der Waals surface area contributed by atoms with E-state index in [0.29, 0.717) is 17.6 Å². The van der Waals surface area contributed by atoms with Gasteiger partial charge >= 0.3 is 0 Å². The van der Waals surface area contributed by atoms with Crippen LogP contribution in [0.2, 0.25) is 0 Å². The number of para-hydroxylation sites is 2. The molecule has 0 saturated heterocycles. The van der Waals surface area contributed by atoms with E-state index in [4.69, 9.17) is 15.0 Å². The average molecular weight is 642 g/mol. The molecule has 50 heavy (non-hydrogen) atoms. The lowest BCUT2D eigenvalue weighted by molar-refractivity contribution is 0.953. The van der Waals surface area contributed by atoms with Gasteiger partial charge in [0.2, 0.25) is 5.95 Å². The van der Waals surface area contributed by atoms with Crippen molar-refractivity contribution in [1.82, 2.24) is 24.1 Å². The standard InChI is InChI=1S/C45H31N5/c1-3-15-34(4-2)49-39-22-13-12-21-36(39)38-28-32(25-27-41(38)49)33-24-26-37-35-20-11-14-23-40(35)50(42(37)29-33)45-47-43(30-16-7-5-8-17-30)46-44(48-45)31-18-9-6-10-19-31/h3-29H,1-2H2/b34-15+. The molecule has 0 spiro atoms. The molecule has 5 nitrogen and oxygen atoms in total. The van der Waals surface area contributed by atoms with Crippen LogP contribution < -0.4 is 0 Å². The molecule has 0 fully saturated rings. The molecule has 0 bridgehead atoms. The van der Waals surface area contributed by atoms with Crippen LogP contribution in [0.25, 0.3) is 89.2 Å². The molecule has 0 aliphatic rings. The van der Waals surface area contributed by atoms with Crippen LogP contribution in [0.3, 0.4) is 0 Å². The van der Waals surface area contributed by atoms with Crippen LogP contribution in [0.1, 0.15) is 0 Å². The fourth-order valence-corrected chi connectivity index (χ4v) is 7.05. The van der Waals surface area contributed by atoms with Crippen molar-refractivity contribution >= 4 is 49.3 Å². The molecule has 3 aromatic heterocycles. The molecular formula is C45H31N5. The van der Waals surface area contributed by atoms with Crippen molar-refractivity contribution in [2.75, 3.05) is 0 Å². The fraction of sp³-hybridized carbons (Fsp3) is 0. The highest BCUT2D eigenvalue weighted by Gasteiger charge is 2.19. The maximum absolute atomic E-state index is 5.11. The Balaban J connectivity index is 1.28. The Hall–Kier alpha value is -6.85. The lowest BCUT2D eigenvalue weighted by atomic mass is 10.0. The maximum atomic E-state index is 5.11. The van der Waals surface area contributed by atoms with Gasteiger partial charge < -0.3 is 4.57 Å². The van der Waals surface area contributed by atoms with Crippen molar-refractivity contribution in [2.24, 2.45) is 0 Å². The molecule has 6 aromatic carbocycles. The molecular weight excluding hydrogens is 611 g/mol. The fourth-order valence-electron chi connectivity index (χ4n) is 7.05. The SMILES string of the molecule is C=C/C=C(\C=C)n1c2ccccc2c2cc(-c3ccc4c5ccccc5n(-c5nc(-c6ccccc6)nc(-c6ccccc6)n5)c4c3)ccc21. The van der Waals surface area contributed by atoms with Gasteiger partial charge in [0.15, 0.2) is 11.6 Å². The molecule has 0 unspecified atom stereocenters. The molecule has 0 amide bonds. The van der Waals surface area contributed by atoms with Gasteiger partial charge in [-0.2, -0.15) is 9.97 Å². The first-order chi connectivity index (χ1) is 24.7. The van der Waals surface area contributed by atoms with Gasteiger partial charge in [-0.25, -0.2) is 4.98 Å². The molecule has 0 aliphatic heterocycles. The summed E-state index contributed by atoms with van der Waals surface area (Å²) >= 11 is 0. The van der Waals surface area contributed by atoms with E-state index in [0.717, 1.165) is 60.8 Å². The molecule has 0 radical (unpaired) electrons. The van der Waals surface area contributed by atoms with Gasteiger partial charge in [-0.1, -0.05) is 134 Å². The first-order valence-corrected chi connectivity index (χ1v) is 16.6. The highest BCUT2D eigenvalue weighted by atomic mass is 15.2. The average Bonchev–Trinajstić information content (AvgIpc) is 3.69. The number of fused-ring (bicyclic) bond motifs is 6. The second kappa shape index (κ2) is 12.0. The molecule has 236 valence electrons. The van der Waals surface area contributed by atoms with E-state index in [1.807, 2.05) is 72.8 Å². The molecule has 0 aliphatic carbocycles. The number of hydrogen-bond acceptors (Lipinski definition) is 3. The van der Waals surface area contributed by atoms with Crippen molar-refractivity contribution in [1.29, 1.82) is 0 Å². The van der Waals surface area contributed by atoms with Gasteiger partial charge in [0.25, 0.3) is 0 Å². The number of nitrogens with zero attached hydrogens (tertiary/aromatic N) is 5. The second-order valence-electron chi connectivity index (χ2n) is 12.2. The lowest BCUT2D eigenvalue weighted by Crippen LogP contribution is -2.06. The minimum absolute atomic E-state index is 0.575. The summed E-state index contributed by atoms with van der Waals surface area (Å²) in [4.78, 5) is 15.2. The predicted octanol–water partition coefficient (Wildman–Crippen LogP) is 11.3. The van der Waals surface area contributed by atoms with E-state index < -0.39 is 0 Å². The minimum Gasteiger partial charge on any atom is -0.309 e. The first kappa shape index (κ1) is 29.3. The van der Waals surface area contributed by atoms with E-state index in [1.54, 1.807) is 6.08 Å². The van der Waals surface area contributed by atoms with Crippen molar-refractivity contribution < 1.29 is 0 Å². The van der Waals surface area contributed by atoms with Crippen molar-refractivity contribution in [2.45, 2.75) is 0 Å². The van der Waals surface area contributed by atoms with Crippen LogP contribution in [0.4, 0.5) is 0 Å². The van der Waals surface area contributed by atoms with E-state index in [-0.39, 0.29) is 0 Å². The Morgan fingerprint density at radius 1 is 0.460 bits per heavy atom. The summed E-state index contributed by atoms with van der Waals surface area (Å²) in [6, 6.07) is 50.5. The van der Waals surface area contributed by atoms with Gasteiger partial charge in [0, 0.05) is 38.4 Å². The van der Waals surface area contributed by atoms with Crippen LogP contribution in [0.15, 0.2) is 177 Å². The highest BCUT2D eigenvalue weighted by Crippen LogP contribution is 2.38. The number of aromatic nitrogens is 5. The van der Waals surface area contributed by atoms with Crippen molar-refractivity contribution in [3.8, 4) is 39.9 Å². The number of hydrogen-bond donors (Lipinski definition) is 0. The van der Waals surface area contributed by atoms with Crippen LogP contribution in [0.5, 0.6) is 0 Å². The predicted molar refractivity (Wildman–Crippen MR) is 208 cm³/mol. The number of allylic oxidation sites excluding steroid dienone is 4. The summed E-state index contributed by atoms with van der Waals surface area (Å²) in [6.45, 7) is 8.02. The molecule has 5 heteroatoms. The van der Waals surface area contributed by atoms with Crippen LogP contribution >= 0.6 is 0 Å². The normalized spacial score (nSPS) is 11.9. The molecule has 9 aromatic rings. The molecule has 0 N–H and O–H groups in total. The summed E-state index contributed by atoms with van der Waals surface area (Å²) in [5.74, 6) is 1.83. The summed E-state index contributed by atoms with van der Waals surface area (Å²) in [6.07, 6.45) is 5.67. The summed E-state index contributed by atoms with van der Waals surface area (Å²) in [5, 5.41) is 4.63. The minimum atomic E-state index is 0.575. The van der Waals surface area contributed by atoms with E-state index in [2.05, 4.69) is 107 Å². The number of rotatable bonds is 7. The Bertz CT molecular complexity index is 2730. The zero-order valence-electron chi connectivity index (χ0n) is 27.2. The van der Waals surface area contributed by atoms with E-state index >= 15 is 0 Å². The topological polar surface area (TPSA) is 48.5 Å². The van der Waals surface area contributed by atoms with E-state index in [1.165, 1.54) is 10.8 Å². The Kier molecular flexibility index (Phi) is 7.03. The molecule has 0 saturated carbocycles. The highest BCUT2D eigenvalue weighted by molar-refractivity contribution is 6.13. The van der Waals surface area contributed by atoms with Gasteiger partial charge in [0.1, 0.15) is 0 Å². The van der Waals surface area contributed by atoms with Crippen LogP contribution in [-0.4, -0.2) is 24.1 Å². The Morgan fingerprint density at radius 2 is 1.00 bits per heavy atom. The zero-order chi connectivity index (χ0) is 33.6. The van der Waals surface area contributed by atoms with Crippen molar-refractivity contribution in [3.63, 3.8) is 0 Å². The number of benzene rings is 6. The third-order valence-electron chi connectivity index (χ3n) is 9.32. The molecule has 0 atom stereocenters. The van der Waals surface area contributed by atoms with Crippen molar-refractivity contribution in [3.05, 3.63) is 177 Å². The summed E-state index contributed by atoms with van der Waals surface area (Å²) in [5.41, 5.74) is 9.38.